The van der Waals surface area contributed by atoms with Gasteiger partial charge in [0.2, 0.25) is 0 Å². The van der Waals surface area contributed by atoms with Crippen LogP contribution in [0.5, 0.6) is 0 Å². The van der Waals surface area contributed by atoms with E-state index >= 15 is 0 Å². The van der Waals surface area contributed by atoms with Crippen LogP contribution in [0, 0.1) is 0 Å². The van der Waals surface area contributed by atoms with E-state index in [9.17, 15) is 4.79 Å². The first-order valence-corrected chi connectivity index (χ1v) is 6.03. The monoisotopic (exact) mass is 231 g/mol. The van der Waals surface area contributed by atoms with Crippen LogP contribution in [0.2, 0.25) is 0 Å². The van der Waals surface area contributed by atoms with Crippen LogP contribution >= 0.6 is 0 Å². The maximum absolute atomic E-state index is 12.0. The van der Waals surface area contributed by atoms with Crippen molar-refractivity contribution in [1.29, 1.82) is 0 Å². The first-order valence-electron chi connectivity index (χ1n) is 6.03. The Labute approximate surface area is 101 Å². The number of hydrogen-bond donors (Lipinski definition) is 1. The number of para-hydroxylation sites is 1. The van der Waals surface area contributed by atoms with Crippen molar-refractivity contribution in [3.8, 4) is 0 Å². The number of nitrogens with zero attached hydrogens (tertiary/aromatic N) is 2. The topological polar surface area (TPSA) is 49.6 Å². The average molecular weight is 231 g/mol. The molecular formula is C13H17N3O. The van der Waals surface area contributed by atoms with Crippen LogP contribution in [0.3, 0.4) is 0 Å². The Morgan fingerprint density at radius 3 is 2.53 bits per heavy atom. The van der Waals surface area contributed by atoms with E-state index in [1.165, 1.54) is 0 Å². The van der Waals surface area contributed by atoms with Crippen LogP contribution < -0.4 is 10.6 Å². The van der Waals surface area contributed by atoms with Gasteiger partial charge in [0.05, 0.1) is 5.69 Å². The van der Waals surface area contributed by atoms with Gasteiger partial charge >= 0.3 is 6.03 Å². The third kappa shape index (κ3) is 1.60. The van der Waals surface area contributed by atoms with Gasteiger partial charge in [-0.2, -0.15) is 0 Å². The standard InChI is InChI=1S/C13H17N3O/c1-15-8-9-16(12(15)17)11-5-3-2-4-10(11)13(14)6-7-13/h2-5H,6-9,14H2,1H3. The minimum absolute atomic E-state index is 0.0710. The summed E-state index contributed by atoms with van der Waals surface area (Å²) < 4.78 is 0. The number of urea groups is 1. The molecule has 4 nitrogen and oxygen atoms in total. The zero-order valence-corrected chi connectivity index (χ0v) is 10.0. The summed E-state index contributed by atoms with van der Waals surface area (Å²) in [5.41, 5.74) is 8.17. The van der Waals surface area contributed by atoms with Crippen LogP contribution in [0.25, 0.3) is 0 Å². The van der Waals surface area contributed by atoms with E-state index in [1.807, 2.05) is 36.2 Å². The highest BCUT2D eigenvalue weighted by Gasteiger charge is 2.43. The second kappa shape index (κ2) is 3.47. The predicted molar refractivity (Wildman–Crippen MR) is 66.9 cm³/mol. The van der Waals surface area contributed by atoms with Gasteiger partial charge in [-0.3, -0.25) is 4.90 Å². The van der Waals surface area contributed by atoms with Crippen molar-refractivity contribution in [2.75, 3.05) is 25.0 Å². The summed E-state index contributed by atoms with van der Waals surface area (Å²) in [6, 6.07) is 8.08. The molecule has 0 radical (unpaired) electrons. The molecule has 2 aliphatic rings. The Balaban J connectivity index is 2.01. The summed E-state index contributed by atoms with van der Waals surface area (Å²) in [5, 5.41) is 0. The predicted octanol–water partition coefficient (Wildman–Crippen LogP) is 1.51. The molecule has 0 spiro atoms. The quantitative estimate of drug-likeness (QED) is 0.838. The van der Waals surface area contributed by atoms with Crippen molar-refractivity contribution in [3.05, 3.63) is 29.8 Å². The number of rotatable bonds is 2. The lowest BCUT2D eigenvalue weighted by atomic mass is 10.0. The molecule has 1 aromatic carbocycles. The lowest BCUT2D eigenvalue weighted by Gasteiger charge is -2.22. The molecule has 0 unspecified atom stereocenters. The largest absolute Gasteiger partial charge is 0.326 e. The van der Waals surface area contributed by atoms with Crippen LogP contribution in [-0.4, -0.2) is 31.1 Å². The molecule has 0 atom stereocenters. The number of amides is 2. The average Bonchev–Trinajstić information content (AvgIpc) is 3.00. The van der Waals surface area contributed by atoms with Crippen molar-refractivity contribution in [1.82, 2.24) is 4.90 Å². The zero-order valence-electron chi connectivity index (χ0n) is 10.0. The Bertz CT molecular complexity index is 467. The van der Waals surface area contributed by atoms with Gasteiger partial charge < -0.3 is 10.6 Å². The molecule has 4 heteroatoms. The number of carbonyl (C=O) groups excluding carboxylic acids is 1. The Morgan fingerprint density at radius 1 is 1.24 bits per heavy atom. The maximum Gasteiger partial charge on any atom is 0.324 e. The number of carbonyl (C=O) groups is 1. The van der Waals surface area contributed by atoms with Crippen molar-refractivity contribution in [2.24, 2.45) is 5.73 Å². The number of benzene rings is 1. The lowest BCUT2D eigenvalue weighted by Crippen LogP contribution is -2.32. The van der Waals surface area contributed by atoms with Gasteiger partial charge in [-0.15, -0.1) is 0 Å². The van der Waals surface area contributed by atoms with Gasteiger partial charge in [0, 0.05) is 25.7 Å². The first-order chi connectivity index (χ1) is 8.12. The third-order valence-electron chi connectivity index (χ3n) is 3.74. The van der Waals surface area contributed by atoms with Crippen molar-refractivity contribution in [3.63, 3.8) is 0 Å². The highest BCUT2D eigenvalue weighted by atomic mass is 16.2. The smallest absolute Gasteiger partial charge is 0.324 e. The summed E-state index contributed by atoms with van der Waals surface area (Å²) >= 11 is 0. The number of likely N-dealkylation sites (N-methyl/N-ethyl adjacent to an activating group) is 1. The van der Waals surface area contributed by atoms with Crippen LogP contribution in [0.4, 0.5) is 10.5 Å². The first kappa shape index (κ1) is 10.6. The maximum atomic E-state index is 12.0. The van der Waals surface area contributed by atoms with Crippen LogP contribution in [-0.2, 0) is 5.54 Å². The molecule has 2 N–H and O–H groups in total. The van der Waals surface area contributed by atoms with E-state index in [0.29, 0.717) is 0 Å². The minimum Gasteiger partial charge on any atom is -0.326 e. The SMILES string of the molecule is CN1CCN(c2ccccc2C2(N)CC2)C1=O. The Kier molecular flexibility index (Phi) is 2.16. The summed E-state index contributed by atoms with van der Waals surface area (Å²) in [6.07, 6.45) is 2.03. The molecule has 1 heterocycles. The molecule has 1 aliphatic carbocycles. The van der Waals surface area contributed by atoms with Gasteiger partial charge in [-0.25, -0.2) is 4.79 Å². The summed E-state index contributed by atoms with van der Waals surface area (Å²) in [4.78, 5) is 15.6. The van der Waals surface area contributed by atoms with Crippen LogP contribution in [0.1, 0.15) is 18.4 Å². The molecule has 1 saturated heterocycles. The zero-order chi connectivity index (χ0) is 12.0. The van der Waals surface area contributed by atoms with E-state index in [2.05, 4.69) is 0 Å². The van der Waals surface area contributed by atoms with E-state index in [0.717, 1.165) is 37.2 Å². The van der Waals surface area contributed by atoms with E-state index in [4.69, 9.17) is 5.73 Å². The fourth-order valence-corrected chi connectivity index (χ4v) is 2.40. The summed E-state index contributed by atoms with van der Waals surface area (Å²) in [7, 11) is 1.83. The van der Waals surface area contributed by atoms with Gasteiger partial charge in [-0.05, 0) is 24.5 Å². The molecular weight excluding hydrogens is 214 g/mol. The molecule has 1 aromatic rings. The molecule has 90 valence electrons. The van der Waals surface area contributed by atoms with Crippen molar-refractivity contribution in [2.45, 2.75) is 18.4 Å². The van der Waals surface area contributed by atoms with Gasteiger partial charge in [0.1, 0.15) is 0 Å². The Morgan fingerprint density at radius 2 is 1.94 bits per heavy atom. The second-order valence-electron chi connectivity index (χ2n) is 5.03. The second-order valence-corrected chi connectivity index (χ2v) is 5.03. The summed E-state index contributed by atoms with van der Waals surface area (Å²) in [6.45, 7) is 1.53. The van der Waals surface area contributed by atoms with Crippen molar-refractivity contribution < 1.29 is 4.79 Å². The normalized spacial score (nSPS) is 22.1. The molecule has 1 aliphatic heterocycles. The minimum atomic E-state index is -0.196. The van der Waals surface area contributed by atoms with Gasteiger partial charge in [0.25, 0.3) is 0 Å². The van der Waals surface area contributed by atoms with Gasteiger partial charge in [0.15, 0.2) is 0 Å². The molecule has 17 heavy (non-hydrogen) atoms. The number of anilines is 1. The molecule has 0 bridgehead atoms. The highest BCUT2D eigenvalue weighted by Crippen LogP contribution is 2.46. The molecule has 3 rings (SSSR count). The molecule has 2 amide bonds. The molecule has 0 aromatic heterocycles. The van der Waals surface area contributed by atoms with Gasteiger partial charge in [-0.1, -0.05) is 18.2 Å². The molecule has 1 saturated carbocycles. The van der Waals surface area contributed by atoms with E-state index < -0.39 is 0 Å². The lowest BCUT2D eigenvalue weighted by molar-refractivity contribution is 0.229. The fourth-order valence-electron chi connectivity index (χ4n) is 2.40. The third-order valence-corrected chi connectivity index (χ3v) is 3.74. The number of nitrogens with two attached hydrogens (primary N) is 1. The van der Waals surface area contributed by atoms with Crippen LogP contribution in [0.15, 0.2) is 24.3 Å². The highest BCUT2D eigenvalue weighted by molar-refractivity contribution is 5.95. The molecule has 2 fully saturated rings. The Hall–Kier alpha value is -1.55. The summed E-state index contributed by atoms with van der Waals surface area (Å²) in [5.74, 6) is 0. The van der Waals surface area contributed by atoms with Crippen molar-refractivity contribution >= 4 is 11.7 Å². The van der Waals surface area contributed by atoms with E-state index in [-0.39, 0.29) is 11.6 Å². The van der Waals surface area contributed by atoms with E-state index in [1.54, 1.807) is 4.90 Å². The fraction of sp³-hybridized carbons (Fsp3) is 0.462. The number of hydrogen-bond acceptors (Lipinski definition) is 2.